The molecule has 0 spiro atoms. The molecule has 2 nitrogen and oxygen atoms in total. The number of benzene rings is 2. The molecule has 6 heteroatoms. The lowest BCUT2D eigenvalue weighted by Gasteiger charge is -2.11. The number of hydrogen-bond donors (Lipinski definition) is 1. The zero-order valence-corrected chi connectivity index (χ0v) is 11.9. The fourth-order valence-electron chi connectivity index (χ4n) is 1.46. The molecule has 0 radical (unpaired) electrons. The maximum Gasteiger partial charge on any atom is 0.168 e. The highest BCUT2D eigenvalue weighted by Crippen LogP contribution is 2.29. The Morgan fingerprint density at radius 3 is 2.42 bits per heavy atom. The minimum Gasteiger partial charge on any atom is -0.454 e. The van der Waals surface area contributed by atoms with Crippen LogP contribution in [-0.4, -0.2) is 4.99 Å². The van der Waals surface area contributed by atoms with E-state index < -0.39 is 11.6 Å². The molecule has 2 rings (SSSR count). The molecule has 0 aliphatic heterocycles. The van der Waals surface area contributed by atoms with Gasteiger partial charge in [-0.2, -0.15) is 0 Å². The molecule has 0 saturated carbocycles. The van der Waals surface area contributed by atoms with Crippen molar-refractivity contribution in [3.63, 3.8) is 0 Å². The fourth-order valence-corrected chi connectivity index (χ4v) is 1.98. The minimum absolute atomic E-state index is 0.0961. The standard InChI is InChI=1S/C13H8BrF2NOS/c14-7-1-3-11(9(5-7)13(17)19)18-12-4-2-8(15)6-10(12)16/h1-6H,(H2,17,19). The van der Waals surface area contributed by atoms with Crippen molar-refractivity contribution in [2.45, 2.75) is 0 Å². The molecule has 0 amide bonds. The third-order valence-electron chi connectivity index (χ3n) is 2.32. The lowest BCUT2D eigenvalue weighted by atomic mass is 10.2. The molecule has 0 fully saturated rings. The summed E-state index contributed by atoms with van der Waals surface area (Å²) in [6.45, 7) is 0. The normalized spacial score (nSPS) is 10.3. The number of hydrogen-bond acceptors (Lipinski definition) is 2. The van der Waals surface area contributed by atoms with E-state index in [0.29, 0.717) is 11.3 Å². The Hall–Kier alpha value is -1.53. The highest BCUT2D eigenvalue weighted by Gasteiger charge is 2.11. The van der Waals surface area contributed by atoms with Crippen molar-refractivity contribution in [3.05, 3.63) is 58.1 Å². The average Bonchev–Trinajstić information content (AvgIpc) is 2.34. The number of halogens is 3. The maximum atomic E-state index is 13.5. The second-order valence-electron chi connectivity index (χ2n) is 3.68. The molecule has 0 unspecified atom stereocenters. The molecule has 0 heterocycles. The van der Waals surface area contributed by atoms with Crippen LogP contribution in [0.2, 0.25) is 0 Å². The first-order valence-electron chi connectivity index (χ1n) is 5.19. The molecule has 2 aromatic carbocycles. The monoisotopic (exact) mass is 343 g/mol. The summed E-state index contributed by atoms with van der Waals surface area (Å²) < 4.78 is 32.5. The predicted octanol–water partition coefficient (Wildman–Crippen LogP) is 4.15. The Bertz CT molecular complexity index is 649. The minimum atomic E-state index is -0.795. The Morgan fingerprint density at radius 2 is 1.79 bits per heavy atom. The summed E-state index contributed by atoms with van der Waals surface area (Å²) in [6, 6.07) is 8.03. The van der Waals surface area contributed by atoms with Crippen LogP contribution in [0.25, 0.3) is 0 Å². The first-order valence-corrected chi connectivity index (χ1v) is 6.40. The van der Waals surface area contributed by atoms with Crippen molar-refractivity contribution >= 4 is 33.1 Å². The van der Waals surface area contributed by atoms with Crippen LogP contribution in [0.3, 0.4) is 0 Å². The van der Waals surface area contributed by atoms with Crippen LogP contribution in [0, 0.1) is 11.6 Å². The maximum absolute atomic E-state index is 13.5. The van der Waals surface area contributed by atoms with E-state index in [4.69, 9.17) is 22.7 Å². The van der Waals surface area contributed by atoms with Crippen LogP contribution >= 0.6 is 28.1 Å². The Labute approximate surface area is 122 Å². The topological polar surface area (TPSA) is 35.2 Å². The van der Waals surface area contributed by atoms with Gasteiger partial charge in [0.15, 0.2) is 11.6 Å². The third kappa shape index (κ3) is 3.27. The Morgan fingerprint density at radius 1 is 1.11 bits per heavy atom. The summed E-state index contributed by atoms with van der Waals surface area (Å²) in [4.78, 5) is 0.124. The molecule has 0 aromatic heterocycles. The highest BCUT2D eigenvalue weighted by molar-refractivity contribution is 9.10. The Kier molecular flexibility index (Phi) is 4.11. The zero-order chi connectivity index (χ0) is 14.0. The van der Waals surface area contributed by atoms with Gasteiger partial charge in [0.05, 0.1) is 5.56 Å². The van der Waals surface area contributed by atoms with Gasteiger partial charge in [0.1, 0.15) is 16.6 Å². The van der Waals surface area contributed by atoms with Crippen LogP contribution in [0.1, 0.15) is 5.56 Å². The van der Waals surface area contributed by atoms with E-state index in [1.54, 1.807) is 18.2 Å². The Balaban J connectivity index is 2.40. The predicted molar refractivity (Wildman–Crippen MR) is 76.5 cm³/mol. The van der Waals surface area contributed by atoms with Crippen LogP contribution in [0.4, 0.5) is 8.78 Å². The molecule has 0 bridgehead atoms. The van der Waals surface area contributed by atoms with Gasteiger partial charge < -0.3 is 10.5 Å². The lowest BCUT2D eigenvalue weighted by molar-refractivity contribution is 0.437. The van der Waals surface area contributed by atoms with Gasteiger partial charge in [0, 0.05) is 10.5 Å². The largest absolute Gasteiger partial charge is 0.454 e. The molecule has 0 saturated heterocycles. The van der Waals surface area contributed by atoms with Gasteiger partial charge in [0.2, 0.25) is 0 Å². The first-order chi connectivity index (χ1) is 8.97. The van der Waals surface area contributed by atoms with Gasteiger partial charge in [-0.1, -0.05) is 28.1 Å². The van der Waals surface area contributed by atoms with Gasteiger partial charge in [0.25, 0.3) is 0 Å². The van der Waals surface area contributed by atoms with Gasteiger partial charge in [-0.25, -0.2) is 8.78 Å². The van der Waals surface area contributed by atoms with Crippen molar-refractivity contribution < 1.29 is 13.5 Å². The number of ether oxygens (including phenoxy) is 1. The van der Waals surface area contributed by atoms with Crippen LogP contribution in [0.15, 0.2) is 40.9 Å². The summed E-state index contributed by atoms with van der Waals surface area (Å²) >= 11 is 8.18. The molecule has 0 atom stereocenters. The molecule has 19 heavy (non-hydrogen) atoms. The molecular formula is C13H8BrF2NOS. The molecule has 0 aliphatic rings. The smallest absolute Gasteiger partial charge is 0.168 e. The molecule has 2 N–H and O–H groups in total. The number of thiocarbonyl (C=S) groups is 1. The van der Waals surface area contributed by atoms with E-state index in [2.05, 4.69) is 15.9 Å². The lowest BCUT2D eigenvalue weighted by Crippen LogP contribution is -2.11. The second-order valence-corrected chi connectivity index (χ2v) is 5.04. The van der Waals surface area contributed by atoms with E-state index in [9.17, 15) is 8.78 Å². The zero-order valence-electron chi connectivity index (χ0n) is 9.49. The van der Waals surface area contributed by atoms with Crippen molar-refractivity contribution in [2.75, 3.05) is 0 Å². The van der Waals surface area contributed by atoms with Crippen LogP contribution < -0.4 is 10.5 Å². The first kappa shape index (κ1) is 13.9. The fraction of sp³-hybridized carbons (Fsp3) is 0. The van der Waals surface area contributed by atoms with E-state index in [-0.39, 0.29) is 10.7 Å². The van der Waals surface area contributed by atoms with E-state index in [1.165, 1.54) is 6.07 Å². The van der Waals surface area contributed by atoms with Crippen molar-refractivity contribution in [1.29, 1.82) is 0 Å². The van der Waals surface area contributed by atoms with E-state index in [1.807, 2.05) is 0 Å². The summed E-state index contributed by atoms with van der Waals surface area (Å²) in [5.41, 5.74) is 6.04. The molecule has 98 valence electrons. The third-order valence-corrected chi connectivity index (χ3v) is 3.03. The number of nitrogens with two attached hydrogens (primary N) is 1. The van der Waals surface area contributed by atoms with E-state index in [0.717, 1.165) is 16.6 Å². The second kappa shape index (κ2) is 5.63. The summed E-state index contributed by atoms with van der Waals surface area (Å²) in [6.07, 6.45) is 0. The van der Waals surface area contributed by atoms with Crippen molar-refractivity contribution in [1.82, 2.24) is 0 Å². The highest BCUT2D eigenvalue weighted by atomic mass is 79.9. The van der Waals surface area contributed by atoms with Crippen LogP contribution in [-0.2, 0) is 0 Å². The van der Waals surface area contributed by atoms with Gasteiger partial charge in [-0.05, 0) is 30.3 Å². The summed E-state index contributed by atoms with van der Waals surface area (Å²) in [7, 11) is 0. The van der Waals surface area contributed by atoms with Gasteiger partial charge in [-0.3, -0.25) is 0 Å². The van der Waals surface area contributed by atoms with Gasteiger partial charge >= 0.3 is 0 Å². The van der Waals surface area contributed by atoms with Gasteiger partial charge in [-0.15, -0.1) is 0 Å². The molecule has 0 aliphatic carbocycles. The molecular weight excluding hydrogens is 336 g/mol. The van der Waals surface area contributed by atoms with E-state index >= 15 is 0 Å². The SMILES string of the molecule is NC(=S)c1cc(Br)ccc1Oc1ccc(F)cc1F. The average molecular weight is 344 g/mol. The van der Waals surface area contributed by atoms with Crippen LogP contribution in [0.5, 0.6) is 11.5 Å². The quantitative estimate of drug-likeness (QED) is 0.850. The van der Waals surface area contributed by atoms with Crippen molar-refractivity contribution in [2.24, 2.45) is 5.73 Å². The number of rotatable bonds is 3. The van der Waals surface area contributed by atoms with Crippen molar-refractivity contribution in [3.8, 4) is 11.5 Å². The molecule has 2 aromatic rings. The summed E-state index contributed by atoms with van der Waals surface area (Å²) in [5.74, 6) is -1.26. The summed E-state index contributed by atoms with van der Waals surface area (Å²) in [5, 5.41) is 0.